The Hall–Kier alpha value is -2.45. The Kier molecular flexibility index (Phi) is 3.55. The summed E-state index contributed by atoms with van der Waals surface area (Å²) < 4.78 is 10.7. The quantitative estimate of drug-likeness (QED) is 0.745. The first kappa shape index (κ1) is 14.5. The number of nitrogens with two attached hydrogens (primary N) is 1. The molecule has 0 aliphatic carbocycles. The Morgan fingerprint density at radius 3 is 3.05 bits per heavy atom. The zero-order valence-electron chi connectivity index (χ0n) is 11.4. The van der Waals surface area contributed by atoms with Crippen molar-refractivity contribution in [2.45, 2.75) is 12.8 Å². The average Bonchev–Trinajstić information content (AvgIpc) is 3.11. The molecule has 1 aromatic heterocycles. The zero-order valence-corrected chi connectivity index (χ0v) is 12.2. The first-order valence-corrected chi connectivity index (χ1v) is 6.47. The number of carbonyl (C=O) groups excluding carboxylic acids is 1. The molecule has 2 aromatic rings. The van der Waals surface area contributed by atoms with Crippen molar-refractivity contribution >= 4 is 24.1 Å². The molecule has 22 heavy (non-hydrogen) atoms. The van der Waals surface area contributed by atoms with Crippen LogP contribution in [0.5, 0.6) is 11.5 Å². The van der Waals surface area contributed by atoms with E-state index in [-0.39, 0.29) is 25.1 Å². The number of carbonyl (C=O) groups is 1. The summed E-state index contributed by atoms with van der Waals surface area (Å²) in [6, 6.07) is 5.69. The molecule has 9 heteroatoms. The second-order valence-electron chi connectivity index (χ2n) is 4.83. The van der Waals surface area contributed by atoms with Crippen molar-refractivity contribution in [3.63, 3.8) is 0 Å². The van der Waals surface area contributed by atoms with E-state index in [4.69, 9.17) is 15.2 Å². The van der Waals surface area contributed by atoms with Gasteiger partial charge in [-0.25, -0.2) is 4.98 Å². The van der Waals surface area contributed by atoms with Gasteiger partial charge in [0.25, 0.3) is 5.91 Å². The van der Waals surface area contributed by atoms with E-state index in [1.807, 2.05) is 23.1 Å². The third-order valence-electron chi connectivity index (χ3n) is 3.52. The summed E-state index contributed by atoms with van der Waals surface area (Å²) in [4.78, 5) is 20.6. The standard InChI is InChI=1S/C13H13N5O3.ClH/c14-13-17-12(19)10-11(16-5-15-10)18(13)4-7-1-2-8-9(3-7)21-6-20-8;/h1-3,5,13H,4,6,14H2,(H,15,16)(H,17,19);1H. The highest BCUT2D eigenvalue weighted by atomic mass is 35.5. The van der Waals surface area contributed by atoms with Crippen molar-refractivity contribution in [2.24, 2.45) is 5.73 Å². The topological polar surface area (TPSA) is 106 Å². The summed E-state index contributed by atoms with van der Waals surface area (Å²) in [6.45, 7) is 0.734. The van der Waals surface area contributed by atoms with E-state index < -0.39 is 6.29 Å². The van der Waals surface area contributed by atoms with Crippen molar-refractivity contribution in [3.05, 3.63) is 35.8 Å². The summed E-state index contributed by atoms with van der Waals surface area (Å²) >= 11 is 0. The van der Waals surface area contributed by atoms with Gasteiger partial charge >= 0.3 is 0 Å². The molecule has 0 spiro atoms. The highest BCUT2D eigenvalue weighted by molar-refractivity contribution is 5.99. The summed E-state index contributed by atoms with van der Waals surface area (Å²) in [5.74, 6) is 1.74. The van der Waals surface area contributed by atoms with Crippen molar-refractivity contribution in [1.29, 1.82) is 0 Å². The number of anilines is 1. The number of ether oxygens (including phenoxy) is 2. The van der Waals surface area contributed by atoms with Crippen LogP contribution in [-0.4, -0.2) is 29.0 Å². The Bertz CT molecular complexity index is 719. The van der Waals surface area contributed by atoms with Gasteiger partial charge in [-0.15, -0.1) is 12.4 Å². The normalized spacial score (nSPS) is 18.5. The van der Waals surface area contributed by atoms with Crippen molar-refractivity contribution in [2.75, 3.05) is 11.7 Å². The van der Waals surface area contributed by atoms with Crippen LogP contribution >= 0.6 is 12.4 Å². The highest BCUT2D eigenvalue weighted by Crippen LogP contribution is 2.33. The van der Waals surface area contributed by atoms with Gasteiger partial charge < -0.3 is 24.7 Å². The number of nitrogens with one attached hydrogen (secondary N) is 2. The van der Waals surface area contributed by atoms with E-state index in [9.17, 15) is 4.79 Å². The first-order chi connectivity index (χ1) is 10.2. The second-order valence-corrected chi connectivity index (χ2v) is 4.83. The number of aromatic nitrogens is 2. The fourth-order valence-corrected chi connectivity index (χ4v) is 2.50. The predicted molar refractivity (Wildman–Crippen MR) is 80.0 cm³/mol. The van der Waals surface area contributed by atoms with E-state index in [0.29, 0.717) is 23.8 Å². The van der Waals surface area contributed by atoms with Crippen LogP contribution in [-0.2, 0) is 6.54 Å². The predicted octanol–water partition coefficient (Wildman–Crippen LogP) is 0.552. The number of hydrogen-bond donors (Lipinski definition) is 3. The van der Waals surface area contributed by atoms with Gasteiger partial charge in [0.2, 0.25) is 6.79 Å². The molecule has 3 heterocycles. The molecule has 4 rings (SSSR count). The number of imidazole rings is 1. The van der Waals surface area contributed by atoms with Gasteiger partial charge in [-0.05, 0) is 17.7 Å². The lowest BCUT2D eigenvalue weighted by Crippen LogP contribution is -2.57. The molecule has 1 unspecified atom stereocenters. The minimum absolute atomic E-state index is 0. The molecule has 8 nitrogen and oxygen atoms in total. The molecule has 2 aliphatic rings. The van der Waals surface area contributed by atoms with Crippen molar-refractivity contribution < 1.29 is 14.3 Å². The first-order valence-electron chi connectivity index (χ1n) is 6.47. The van der Waals surface area contributed by atoms with Gasteiger partial charge in [0.15, 0.2) is 23.6 Å². The molecular weight excluding hydrogens is 310 g/mol. The number of nitrogens with zero attached hydrogens (tertiary/aromatic N) is 2. The average molecular weight is 324 g/mol. The summed E-state index contributed by atoms with van der Waals surface area (Å²) in [7, 11) is 0. The molecule has 2 aliphatic heterocycles. The lowest BCUT2D eigenvalue weighted by molar-refractivity contribution is 0.0922. The third kappa shape index (κ3) is 2.22. The van der Waals surface area contributed by atoms with Gasteiger partial charge in [0.05, 0.1) is 6.33 Å². The fraction of sp³-hybridized carbons (Fsp3) is 0.231. The van der Waals surface area contributed by atoms with Crippen LogP contribution in [0.3, 0.4) is 0 Å². The molecule has 1 aromatic carbocycles. The fourth-order valence-electron chi connectivity index (χ4n) is 2.50. The van der Waals surface area contributed by atoms with E-state index in [1.54, 1.807) is 0 Å². The van der Waals surface area contributed by atoms with Gasteiger partial charge in [0.1, 0.15) is 5.69 Å². The lowest BCUT2D eigenvalue weighted by atomic mass is 10.1. The number of halogens is 1. The number of amides is 1. The summed E-state index contributed by atoms with van der Waals surface area (Å²) in [5, 5.41) is 2.68. The number of hydrogen-bond acceptors (Lipinski definition) is 6. The van der Waals surface area contributed by atoms with Crippen LogP contribution in [0.15, 0.2) is 24.5 Å². The Labute approximate surface area is 132 Å². The van der Waals surface area contributed by atoms with E-state index in [1.165, 1.54) is 6.33 Å². The molecule has 0 saturated carbocycles. The maximum atomic E-state index is 11.8. The largest absolute Gasteiger partial charge is 0.454 e. The molecule has 1 atom stereocenters. The highest BCUT2D eigenvalue weighted by Gasteiger charge is 2.31. The number of fused-ring (bicyclic) bond motifs is 2. The molecule has 116 valence electrons. The minimum atomic E-state index is -0.626. The molecule has 0 radical (unpaired) electrons. The van der Waals surface area contributed by atoms with Gasteiger partial charge in [0, 0.05) is 6.54 Å². The monoisotopic (exact) mass is 323 g/mol. The third-order valence-corrected chi connectivity index (χ3v) is 3.52. The van der Waals surface area contributed by atoms with Crippen LogP contribution in [0, 0.1) is 0 Å². The van der Waals surface area contributed by atoms with Crippen LogP contribution < -0.4 is 25.4 Å². The molecule has 1 amide bonds. The summed E-state index contributed by atoms with van der Waals surface area (Å²) in [5.41, 5.74) is 7.39. The maximum Gasteiger partial charge on any atom is 0.274 e. The van der Waals surface area contributed by atoms with Crippen molar-refractivity contribution in [1.82, 2.24) is 15.3 Å². The number of aromatic amines is 1. The van der Waals surface area contributed by atoms with Crippen LogP contribution in [0.25, 0.3) is 0 Å². The Balaban J connectivity index is 0.00000144. The molecule has 0 bridgehead atoms. The van der Waals surface area contributed by atoms with Gasteiger partial charge in [-0.1, -0.05) is 6.07 Å². The van der Waals surface area contributed by atoms with Crippen molar-refractivity contribution in [3.8, 4) is 11.5 Å². The van der Waals surface area contributed by atoms with Gasteiger partial charge in [-0.2, -0.15) is 0 Å². The number of benzene rings is 1. The maximum absolute atomic E-state index is 11.8. The van der Waals surface area contributed by atoms with Crippen LogP contribution in [0.2, 0.25) is 0 Å². The lowest BCUT2D eigenvalue weighted by Gasteiger charge is -2.33. The Morgan fingerprint density at radius 2 is 2.18 bits per heavy atom. The smallest absolute Gasteiger partial charge is 0.274 e. The molecule has 4 N–H and O–H groups in total. The molecule has 0 fully saturated rings. The van der Waals surface area contributed by atoms with E-state index in [2.05, 4.69) is 15.3 Å². The SMILES string of the molecule is Cl.NC1NC(=O)c2[nH]cnc2N1Cc1ccc2c(c1)OCO2. The van der Waals surface area contributed by atoms with E-state index >= 15 is 0 Å². The van der Waals surface area contributed by atoms with E-state index in [0.717, 1.165) is 11.3 Å². The van der Waals surface area contributed by atoms with Crippen LogP contribution in [0.1, 0.15) is 16.1 Å². The number of H-pyrrole nitrogens is 1. The molecular formula is C13H14ClN5O3. The second kappa shape index (κ2) is 5.39. The minimum Gasteiger partial charge on any atom is -0.454 e. The molecule has 0 saturated heterocycles. The van der Waals surface area contributed by atoms with Crippen LogP contribution in [0.4, 0.5) is 5.82 Å². The summed E-state index contributed by atoms with van der Waals surface area (Å²) in [6.07, 6.45) is 0.855. The van der Waals surface area contributed by atoms with Gasteiger partial charge in [-0.3, -0.25) is 10.5 Å². The zero-order chi connectivity index (χ0) is 14.4. The Morgan fingerprint density at radius 1 is 1.36 bits per heavy atom. The number of rotatable bonds is 2.